The highest BCUT2D eigenvalue weighted by Crippen LogP contribution is 2.32. The van der Waals surface area contributed by atoms with Crippen molar-refractivity contribution in [3.8, 4) is 0 Å². The number of sulfonamides is 1. The summed E-state index contributed by atoms with van der Waals surface area (Å²) in [5.74, 6) is 1.00. The molecule has 1 aromatic heterocycles. The molecular formula is C16H20N4O4S. The Morgan fingerprint density at radius 1 is 1.32 bits per heavy atom. The lowest BCUT2D eigenvalue weighted by Crippen LogP contribution is -2.30. The zero-order chi connectivity index (χ0) is 18.2. The SMILES string of the molecule is CC(C)c1noc(C2CCCN2C(=O)c2ccc(S(N)(=O)=O)cc2)n1. The predicted octanol–water partition coefficient (Wildman–Crippen LogP) is 1.82. The fourth-order valence-corrected chi connectivity index (χ4v) is 3.35. The third kappa shape index (κ3) is 3.57. The van der Waals surface area contributed by atoms with E-state index in [1.165, 1.54) is 24.3 Å². The molecule has 2 heterocycles. The summed E-state index contributed by atoms with van der Waals surface area (Å²) in [7, 11) is -3.78. The number of carbonyl (C=O) groups is 1. The van der Waals surface area contributed by atoms with Crippen LogP contribution in [-0.4, -0.2) is 35.9 Å². The van der Waals surface area contributed by atoms with Crippen molar-refractivity contribution in [2.24, 2.45) is 5.14 Å². The van der Waals surface area contributed by atoms with Gasteiger partial charge in [-0.3, -0.25) is 4.79 Å². The van der Waals surface area contributed by atoms with Crippen molar-refractivity contribution >= 4 is 15.9 Å². The highest BCUT2D eigenvalue weighted by molar-refractivity contribution is 7.89. The number of hydrogen-bond acceptors (Lipinski definition) is 6. The number of nitrogens with zero attached hydrogens (tertiary/aromatic N) is 3. The van der Waals surface area contributed by atoms with Crippen LogP contribution < -0.4 is 5.14 Å². The number of hydrogen-bond donors (Lipinski definition) is 1. The Balaban J connectivity index is 1.83. The van der Waals surface area contributed by atoms with Gasteiger partial charge in [0.25, 0.3) is 5.91 Å². The fraction of sp³-hybridized carbons (Fsp3) is 0.438. The summed E-state index contributed by atoms with van der Waals surface area (Å²) in [6.45, 7) is 4.53. The van der Waals surface area contributed by atoms with Crippen molar-refractivity contribution in [2.75, 3.05) is 6.54 Å². The van der Waals surface area contributed by atoms with Crippen LogP contribution in [-0.2, 0) is 10.0 Å². The molecule has 1 unspecified atom stereocenters. The van der Waals surface area contributed by atoms with Gasteiger partial charge in [0.2, 0.25) is 15.9 Å². The van der Waals surface area contributed by atoms with Gasteiger partial charge in [-0.05, 0) is 37.1 Å². The Hall–Kier alpha value is -2.26. The smallest absolute Gasteiger partial charge is 0.254 e. The summed E-state index contributed by atoms with van der Waals surface area (Å²) >= 11 is 0. The number of amides is 1. The van der Waals surface area contributed by atoms with Gasteiger partial charge in [-0.1, -0.05) is 19.0 Å². The van der Waals surface area contributed by atoms with Crippen LogP contribution in [0.1, 0.15) is 60.7 Å². The first-order valence-electron chi connectivity index (χ1n) is 8.04. The molecule has 1 atom stereocenters. The van der Waals surface area contributed by atoms with Crippen molar-refractivity contribution in [1.29, 1.82) is 0 Å². The van der Waals surface area contributed by atoms with E-state index in [0.29, 0.717) is 23.8 Å². The van der Waals surface area contributed by atoms with Gasteiger partial charge < -0.3 is 9.42 Å². The number of benzene rings is 1. The first kappa shape index (κ1) is 17.6. The maximum absolute atomic E-state index is 12.8. The molecule has 3 rings (SSSR count). The molecule has 1 aromatic carbocycles. The van der Waals surface area contributed by atoms with Crippen LogP contribution in [0.2, 0.25) is 0 Å². The summed E-state index contributed by atoms with van der Waals surface area (Å²) in [5, 5.41) is 9.04. The normalized spacial score (nSPS) is 18.1. The third-order valence-electron chi connectivity index (χ3n) is 4.20. The second-order valence-electron chi connectivity index (χ2n) is 6.37. The molecule has 0 spiro atoms. The number of rotatable bonds is 4. The standard InChI is InChI=1S/C16H20N4O4S/c1-10(2)14-18-15(24-19-14)13-4-3-9-20(13)16(21)11-5-7-12(8-6-11)25(17,22)23/h5-8,10,13H,3-4,9H2,1-2H3,(H2,17,22,23). The third-order valence-corrected chi connectivity index (χ3v) is 5.13. The molecule has 9 heteroatoms. The van der Waals surface area contributed by atoms with E-state index in [1.807, 2.05) is 13.8 Å². The molecule has 0 radical (unpaired) electrons. The molecule has 2 aromatic rings. The second kappa shape index (κ2) is 6.57. The maximum atomic E-state index is 12.8. The van der Waals surface area contributed by atoms with Gasteiger partial charge in [0, 0.05) is 18.0 Å². The molecule has 25 heavy (non-hydrogen) atoms. The Morgan fingerprint density at radius 2 is 2.00 bits per heavy atom. The van der Waals surface area contributed by atoms with Crippen LogP contribution in [0.25, 0.3) is 0 Å². The van der Waals surface area contributed by atoms with E-state index in [0.717, 1.165) is 12.8 Å². The lowest BCUT2D eigenvalue weighted by Gasteiger charge is -2.22. The van der Waals surface area contributed by atoms with Gasteiger partial charge in [0.1, 0.15) is 6.04 Å². The molecule has 1 saturated heterocycles. The second-order valence-corrected chi connectivity index (χ2v) is 7.93. The van der Waals surface area contributed by atoms with Crippen LogP contribution in [0.15, 0.2) is 33.7 Å². The number of carbonyl (C=O) groups excluding carboxylic acids is 1. The van der Waals surface area contributed by atoms with E-state index >= 15 is 0 Å². The molecule has 1 aliphatic rings. The fourth-order valence-electron chi connectivity index (χ4n) is 2.84. The molecule has 0 saturated carbocycles. The van der Waals surface area contributed by atoms with Gasteiger partial charge in [-0.25, -0.2) is 13.6 Å². The van der Waals surface area contributed by atoms with Crippen molar-refractivity contribution in [3.63, 3.8) is 0 Å². The molecule has 1 aliphatic heterocycles. The molecule has 0 aliphatic carbocycles. The average Bonchev–Trinajstić information content (AvgIpc) is 3.22. The lowest BCUT2D eigenvalue weighted by molar-refractivity contribution is 0.0710. The molecule has 134 valence electrons. The van der Waals surface area contributed by atoms with Crippen molar-refractivity contribution in [3.05, 3.63) is 41.5 Å². The largest absolute Gasteiger partial charge is 0.337 e. The Kier molecular flexibility index (Phi) is 4.61. The number of aromatic nitrogens is 2. The minimum absolute atomic E-state index is 0.0273. The van der Waals surface area contributed by atoms with Gasteiger partial charge in [0.15, 0.2) is 5.82 Å². The van der Waals surface area contributed by atoms with Gasteiger partial charge in [0.05, 0.1) is 4.90 Å². The van der Waals surface area contributed by atoms with Crippen molar-refractivity contribution in [2.45, 2.75) is 43.5 Å². The Bertz CT molecular complexity index is 874. The van der Waals surface area contributed by atoms with E-state index in [-0.39, 0.29) is 22.8 Å². The van der Waals surface area contributed by atoms with E-state index in [1.54, 1.807) is 4.90 Å². The van der Waals surface area contributed by atoms with E-state index in [4.69, 9.17) is 9.66 Å². The first-order chi connectivity index (χ1) is 11.8. The van der Waals surface area contributed by atoms with E-state index in [9.17, 15) is 13.2 Å². The van der Waals surface area contributed by atoms with E-state index < -0.39 is 10.0 Å². The minimum atomic E-state index is -3.78. The minimum Gasteiger partial charge on any atom is -0.337 e. The predicted molar refractivity (Wildman–Crippen MR) is 89.2 cm³/mol. The van der Waals surface area contributed by atoms with Crippen LogP contribution in [0.4, 0.5) is 0 Å². The van der Waals surface area contributed by atoms with Crippen molar-refractivity contribution < 1.29 is 17.7 Å². The molecule has 0 bridgehead atoms. The zero-order valence-corrected chi connectivity index (χ0v) is 14.9. The van der Waals surface area contributed by atoms with Crippen LogP contribution in [0.5, 0.6) is 0 Å². The molecule has 1 fully saturated rings. The quantitative estimate of drug-likeness (QED) is 0.883. The van der Waals surface area contributed by atoms with Gasteiger partial charge in [-0.2, -0.15) is 4.98 Å². The zero-order valence-electron chi connectivity index (χ0n) is 14.0. The number of nitrogens with two attached hydrogens (primary N) is 1. The van der Waals surface area contributed by atoms with Crippen LogP contribution in [0.3, 0.4) is 0 Å². The molecule has 1 amide bonds. The summed E-state index contributed by atoms with van der Waals surface area (Å²) in [6.07, 6.45) is 1.59. The van der Waals surface area contributed by atoms with Crippen LogP contribution in [0, 0.1) is 0 Å². The molecule has 2 N–H and O–H groups in total. The summed E-state index contributed by atoms with van der Waals surface area (Å²) in [6, 6.07) is 5.33. The Morgan fingerprint density at radius 3 is 2.56 bits per heavy atom. The topological polar surface area (TPSA) is 119 Å². The van der Waals surface area contributed by atoms with Crippen LogP contribution >= 0.6 is 0 Å². The monoisotopic (exact) mass is 364 g/mol. The Labute approximate surface area is 146 Å². The average molecular weight is 364 g/mol. The first-order valence-corrected chi connectivity index (χ1v) is 9.59. The van der Waals surface area contributed by atoms with E-state index in [2.05, 4.69) is 10.1 Å². The molecule has 8 nitrogen and oxygen atoms in total. The number of likely N-dealkylation sites (tertiary alicyclic amines) is 1. The summed E-state index contributed by atoms with van der Waals surface area (Å²) in [5.41, 5.74) is 0.392. The van der Waals surface area contributed by atoms with Gasteiger partial charge >= 0.3 is 0 Å². The van der Waals surface area contributed by atoms with Crippen molar-refractivity contribution in [1.82, 2.24) is 15.0 Å². The highest BCUT2D eigenvalue weighted by atomic mass is 32.2. The maximum Gasteiger partial charge on any atom is 0.254 e. The number of primary sulfonamides is 1. The lowest BCUT2D eigenvalue weighted by atomic mass is 10.1. The molecular weight excluding hydrogens is 344 g/mol. The summed E-state index contributed by atoms with van der Waals surface area (Å²) in [4.78, 5) is 18.8. The van der Waals surface area contributed by atoms with Gasteiger partial charge in [-0.15, -0.1) is 0 Å². The summed E-state index contributed by atoms with van der Waals surface area (Å²) < 4.78 is 28.0. The highest BCUT2D eigenvalue weighted by Gasteiger charge is 2.34.